The Kier molecular flexibility index (Phi) is 9.67. The second-order valence-corrected chi connectivity index (χ2v) is 7.73. The lowest BCUT2D eigenvalue weighted by molar-refractivity contribution is -0.123. The van der Waals surface area contributed by atoms with Crippen LogP contribution in [-0.4, -0.2) is 36.3 Å². The number of amides is 3. The molecule has 6 N–H and O–H groups in total. The third-order valence-electron chi connectivity index (χ3n) is 3.60. The van der Waals surface area contributed by atoms with Gasteiger partial charge >= 0.3 is 0 Å². The Morgan fingerprint density at radius 1 is 1.22 bits per heavy atom. The standard InChI is InChI=1S/C17H23ClIN5O3/c1-9(2)15(20)16(27)22-7-6-13(25)23-17(21)24-14(26)8-10-11(18)4-3-5-12(10)19/h3-5,9,15H,6-8,20H2,1-2H3,(H,22,27)(H3,21,23,24,25,26). The van der Waals surface area contributed by atoms with Crippen LogP contribution in [0.1, 0.15) is 25.8 Å². The van der Waals surface area contributed by atoms with Crippen molar-refractivity contribution in [3.05, 3.63) is 32.4 Å². The van der Waals surface area contributed by atoms with Crippen LogP contribution in [0.15, 0.2) is 18.2 Å². The zero-order valence-electron chi connectivity index (χ0n) is 15.1. The summed E-state index contributed by atoms with van der Waals surface area (Å²) in [6, 6.07) is 4.64. The number of rotatable bonds is 7. The maximum Gasteiger partial charge on any atom is 0.237 e. The largest absolute Gasteiger partial charge is 0.354 e. The van der Waals surface area contributed by atoms with Crippen molar-refractivity contribution in [1.82, 2.24) is 16.0 Å². The van der Waals surface area contributed by atoms with Crippen molar-refractivity contribution in [2.24, 2.45) is 11.7 Å². The molecule has 0 aliphatic heterocycles. The minimum Gasteiger partial charge on any atom is -0.354 e. The molecule has 0 aromatic heterocycles. The van der Waals surface area contributed by atoms with Crippen molar-refractivity contribution in [2.75, 3.05) is 6.54 Å². The highest BCUT2D eigenvalue weighted by molar-refractivity contribution is 14.1. The molecule has 1 atom stereocenters. The van der Waals surface area contributed by atoms with Gasteiger partial charge in [-0.05, 0) is 46.2 Å². The van der Waals surface area contributed by atoms with Gasteiger partial charge in [-0.2, -0.15) is 0 Å². The molecule has 3 amide bonds. The van der Waals surface area contributed by atoms with Gasteiger partial charge in [-0.15, -0.1) is 0 Å². The molecular formula is C17H23ClIN5O3. The number of nitrogens with two attached hydrogens (primary N) is 1. The first-order chi connectivity index (χ1) is 12.6. The summed E-state index contributed by atoms with van der Waals surface area (Å²) < 4.78 is 0.834. The summed E-state index contributed by atoms with van der Waals surface area (Å²) in [7, 11) is 0. The molecule has 10 heteroatoms. The Labute approximate surface area is 176 Å². The van der Waals surface area contributed by atoms with Crippen molar-refractivity contribution < 1.29 is 14.4 Å². The number of nitrogens with one attached hydrogen (secondary N) is 4. The van der Waals surface area contributed by atoms with Crippen LogP contribution in [0.3, 0.4) is 0 Å². The molecule has 1 aromatic rings. The molecule has 0 radical (unpaired) electrons. The minimum absolute atomic E-state index is 0.0107. The molecule has 0 aliphatic rings. The Hall–Kier alpha value is -1.72. The van der Waals surface area contributed by atoms with Crippen LogP contribution in [0, 0.1) is 14.9 Å². The number of carbonyl (C=O) groups is 3. The lowest BCUT2D eigenvalue weighted by atomic mass is 10.1. The van der Waals surface area contributed by atoms with Crippen LogP contribution in [-0.2, 0) is 20.8 Å². The Balaban J connectivity index is 2.38. The highest BCUT2D eigenvalue weighted by Crippen LogP contribution is 2.21. The van der Waals surface area contributed by atoms with Gasteiger partial charge < -0.3 is 11.1 Å². The van der Waals surface area contributed by atoms with E-state index in [2.05, 4.69) is 38.5 Å². The summed E-state index contributed by atoms with van der Waals surface area (Å²) in [5.41, 5.74) is 6.35. The lowest BCUT2D eigenvalue weighted by Crippen LogP contribution is -2.46. The summed E-state index contributed by atoms with van der Waals surface area (Å²) in [6.07, 6.45) is -0.0590. The highest BCUT2D eigenvalue weighted by Gasteiger charge is 2.17. The SMILES string of the molecule is CC(C)C(N)C(=O)NCCC(=O)NC(=N)NC(=O)Cc1c(Cl)cccc1I. The zero-order valence-corrected chi connectivity index (χ0v) is 18.0. The molecule has 1 aromatic carbocycles. The summed E-state index contributed by atoms with van der Waals surface area (Å²) in [5.74, 6) is -1.76. The number of benzene rings is 1. The summed E-state index contributed by atoms with van der Waals surface area (Å²) in [5, 5.41) is 15.2. The summed E-state index contributed by atoms with van der Waals surface area (Å²) in [6.45, 7) is 3.74. The molecule has 1 unspecified atom stereocenters. The topological polar surface area (TPSA) is 137 Å². The number of hydrogen-bond acceptors (Lipinski definition) is 5. The van der Waals surface area contributed by atoms with E-state index >= 15 is 0 Å². The van der Waals surface area contributed by atoms with Crippen molar-refractivity contribution in [3.8, 4) is 0 Å². The third kappa shape index (κ3) is 8.22. The Bertz CT molecular complexity index is 706. The Morgan fingerprint density at radius 2 is 1.85 bits per heavy atom. The molecule has 0 fully saturated rings. The van der Waals surface area contributed by atoms with Gasteiger partial charge in [-0.1, -0.05) is 31.5 Å². The predicted molar refractivity (Wildman–Crippen MR) is 112 cm³/mol. The molecular weight excluding hydrogens is 485 g/mol. The number of carbonyl (C=O) groups excluding carboxylic acids is 3. The van der Waals surface area contributed by atoms with Gasteiger partial charge in [0.1, 0.15) is 0 Å². The molecule has 1 rings (SSSR count). The maximum atomic E-state index is 12.0. The molecule has 0 saturated heterocycles. The number of hydrogen-bond donors (Lipinski definition) is 5. The van der Waals surface area contributed by atoms with Gasteiger partial charge in [0.05, 0.1) is 12.5 Å². The fourth-order valence-corrected chi connectivity index (χ4v) is 3.09. The van der Waals surface area contributed by atoms with E-state index in [1.807, 2.05) is 19.9 Å². The van der Waals surface area contributed by atoms with Crippen LogP contribution in [0.4, 0.5) is 0 Å². The van der Waals surface area contributed by atoms with E-state index < -0.39 is 23.8 Å². The first-order valence-corrected chi connectivity index (χ1v) is 9.72. The van der Waals surface area contributed by atoms with Crippen LogP contribution >= 0.6 is 34.2 Å². The molecule has 0 saturated carbocycles. The van der Waals surface area contributed by atoms with Gasteiger partial charge in [0, 0.05) is 21.6 Å². The molecule has 27 heavy (non-hydrogen) atoms. The average Bonchev–Trinajstić information content (AvgIpc) is 2.57. The molecule has 0 bridgehead atoms. The van der Waals surface area contributed by atoms with E-state index in [1.165, 1.54) is 0 Å². The molecule has 148 valence electrons. The predicted octanol–water partition coefficient (Wildman–Crippen LogP) is 1.14. The fourth-order valence-electron chi connectivity index (χ4n) is 2.00. The lowest BCUT2D eigenvalue weighted by Gasteiger charge is -2.15. The van der Waals surface area contributed by atoms with E-state index in [0.29, 0.717) is 10.6 Å². The van der Waals surface area contributed by atoms with E-state index in [4.69, 9.17) is 22.7 Å². The van der Waals surface area contributed by atoms with Crippen LogP contribution in [0.2, 0.25) is 5.02 Å². The molecule has 0 aliphatic carbocycles. The van der Waals surface area contributed by atoms with Crippen molar-refractivity contribution in [1.29, 1.82) is 5.41 Å². The fraction of sp³-hybridized carbons (Fsp3) is 0.412. The third-order valence-corrected chi connectivity index (χ3v) is 4.96. The Morgan fingerprint density at radius 3 is 2.44 bits per heavy atom. The second-order valence-electron chi connectivity index (χ2n) is 6.16. The van der Waals surface area contributed by atoms with E-state index in [-0.39, 0.29) is 31.2 Å². The summed E-state index contributed by atoms with van der Waals surface area (Å²) >= 11 is 8.14. The smallest absolute Gasteiger partial charge is 0.237 e. The first kappa shape index (κ1) is 23.3. The molecule has 0 spiro atoms. The van der Waals surface area contributed by atoms with Crippen LogP contribution in [0.5, 0.6) is 0 Å². The minimum atomic E-state index is -0.641. The van der Waals surface area contributed by atoms with Crippen LogP contribution < -0.4 is 21.7 Å². The van der Waals surface area contributed by atoms with Crippen molar-refractivity contribution in [3.63, 3.8) is 0 Å². The monoisotopic (exact) mass is 507 g/mol. The first-order valence-electron chi connectivity index (χ1n) is 8.26. The normalized spacial score (nSPS) is 11.6. The van der Waals surface area contributed by atoms with E-state index in [0.717, 1.165) is 3.57 Å². The van der Waals surface area contributed by atoms with E-state index in [9.17, 15) is 14.4 Å². The highest BCUT2D eigenvalue weighted by atomic mass is 127. The van der Waals surface area contributed by atoms with Crippen LogP contribution in [0.25, 0.3) is 0 Å². The molecule has 8 nitrogen and oxygen atoms in total. The molecule has 0 heterocycles. The maximum absolute atomic E-state index is 12.0. The quantitative estimate of drug-likeness (QED) is 0.215. The summed E-state index contributed by atoms with van der Waals surface area (Å²) in [4.78, 5) is 35.5. The van der Waals surface area contributed by atoms with E-state index in [1.54, 1.807) is 12.1 Å². The average molecular weight is 508 g/mol. The second kappa shape index (κ2) is 11.2. The van der Waals surface area contributed by atoms with Gasteiger partial charge in [0.25, 0.3) is 0 Å². The van der Waals surface area contributed by atoms with Gasteiger partial charge in [0.2, 0.25) is 23.7 Å². The van der Waals surface area contributed by atoms with Crippen molar-refractivity contribution in [2.45, 2.75) is 32.7 Å². The number of halogens is 2. The van der Waals surface area contributed by atoms with Gasteiger partial charge in [-0.3, -0.25) is 30.4 Å². The van der Waals surface area contributed by atoms with Crippen molar-refractivity contribution >= 4 is 57.9 Å². The zero-order chi connectivity index (χ0) is 20.6. The van der Waals surface area contributed by atoms with Gasteiger partial charge in [0.15, 0.2) is 0 Å². The van der Waals surface area contributed by atoms with Gasteiger partial charge in [-0.25, -0.2) is 0 Å². The number of guanidine groups is 1.